The van der Waals surface area contributed by atoms with Crippen molar-refractivity contribution in [3.8, 4) is 0 Å². The van der Waals surface area contributed by atoms with Gasteiger partial charge in [0.1, 0.15) is 0 Å². The molecule has 5 heteroatoms. The summed E-state index contributed by atoms with van der Waals surface area (Å²) in [6, 6.07) is 12.7. The minimum atomic E-state index is 0.470. The quantitative estimate of drug-likeness (QED) is 0.640. The van der Waals surface area contributed by atoms with Gasteiger partial charge < -0.3 is 16.2 Å². The van der Waals surface area contributed by atoms with Gasteiger partial charge in [0.15, 0.2) is 0 Å². The van der Waals surface area contributed by atoms with Crippen molar-refractivity contribution < 1.29 is 4.74 Å². The Morgan fingerprint density at radius 3 is 2.35 bits per heavy atom. The summed E-state index contributed by atoms with van der Waals surface area (Å²) in [4.78, 5) is 0. The number of hydrogen-bond acceptors (Lipinski definition) is 5. The third-order valence-electron chi connectivity index (χ3n) is 2.73. The van der Waals surface area contributed by atoms with Gasteiger partial charge in [0.2, 0.25) is 0 Å². The summed E-state index contributed by atoms with van der Waals surface area (Å²) in [6.07, 6.45) is 0. The van der Waals surface area contributed by atoms with Crippen molar-refractivity contribution in [2.45, 2.75) is 13.5 Å². The number of anilines is 2. The van der Waals surface area contributed by atoms with Crippen LogP contribution in [0.3, 0.4) is 0 Å². The van der Waals surface area contributed by atoms with Crippen LogP contribution in [0.2, 0.25) is 0 Å². The van der Waals surface area contributed by atoms with E-state index in [1.165, 1.54) is 0 Å². The molecule has 0 aliphatic carbocycles. The largest absolute Gasteiger partial charge is 0.399 e. The lowest BCUT2D eigenvalue weighted by Crippen LogP contribution is -1.94. The number of azo groups is 1. The molecule has 5 nitrogen and oxygen atoms in total. The molecule has 0 radical (unpaired) electrons. The lowest BCUT2D eigenvalue weighted by atomic mass is 10.2. The highest BCUT2D eigenvalue weighted by atomic mass is 16.5. The van der Waals surface area contributed by atoms with Gasteiger partial charge >= 0.3 is 0 Å². The molecule has 0 aromatic heterocycles. The van der Waals surface area contributed by atoms with Crippen molar-refractivity contribution in [3.63, 3.8) is 0 Å². The number of rotatable bonds is 5. The molecule has 2 aromatic rings. The zero-order chi connectivity index (χ0) is 14.4. The number of benzene rings is 2. The number of ether oxygens (including phenoxy) is 1. The first-order chi connectivity index (χ1) is 9.69. The Hall–Kier alpha value is -2.40. The van der Waals surface area contributed by atoms with E-state index in [0.717, 1.165) is 16.9 Å². The van der Waals surface area contributed by atoms with Crippen LogP contribution < -0.4 is 11.5 Å². The standard InChI is InChI=1S/C15H18N4O/c1-2-20-10-11-9-13(17)5-8-15(11)19-18-14-6-3-12(16)4-7-14/h3-9H,2,10,16-17H2,1H3. The first kappa shape index (κ1) is 14.0. The molecule has 0 aliphatic heterocycles. The summed E-state index contributed by atoms with van der Waals surface area (Å²) in [5.74, 6) is 0. The third kappa shape index (κ3) is 3.80. The average molecular weight is 270 g/mol. The summed E-state index contributed by atoms with van der Waals surface area (Å²) in [7, 11) is 0. The van der Waals surface area contributed by atoms with Gasteiger partial charge in [-0.1, -0.05) is 0 Å². The van der Waals surface area contributed by atoms with E-state index in [1.807, 2.05) is 31.2 Å². The highest BCUT2D eigenvalue weighted by molar-refractivity contribution is 5.55. The van der Waals surface area contributed by atoms with Crippen LogP contribution in [0.4, 0.5) is 22.7 Å². The number of nitrogens with two attached hydrogens (primary N) is 2. The first-order valence-corrected chi connectivity index (χ1v) is 6.42. The normalized spacial score (nSPS) is 11.1. The molecule has 0 fully saturated rings. The van der Waals surface area contributed by atoms with Gasteiger partial charge in [-0.3, -0.25) is 0 Å². The van der Waals surface area contributed by atoms with Gasteiger partial charge in [-0.2, -0.15) is 10.2 Å². The second-order valence-electron chi connectivity index (χ2n) is 4.32. The lowest BCUT2D eigenvalue weighted by molar-refractivity contribution is 0.134. The molecular weight excluding hydrogens is 252 g/mol. The molecule has 0 spiro atoms. The van der Waals surface area contributed by atoms with Gasteiger partial charge in [-0.25, -0.2) is 0 Å². The van der Waals surface area contributed by atoms with Crippen LogP contribution in [0.15, 0.2) is 52.7 Å². The molecular formula is C15H18N4O. The van der Waals surface area contributed by atoms with Crippen LogP contribution in [-0.2, 0) is 11.3 Å². The van der Waals surface area contributed by atoms with Crippen LogP contribution >= 0.6 is 0 Å². The van der Waals surface area contributed by atoms with Gasteiger partial charge in [0.05, 0.1) is 18.0 Å². The van der Waals surface area contributed by atoms with Gasteiger partial charge in [-0.15, -0.1) is 0 Å². The fourth-order valence-electron chi connectivity index (χ4n) is 1.68. The Balaban J connectivity index is 2.21. The maximum absolute atomic E-state index is 5.78. The number of hydrogen-bond donors (Lipinski definition) is 2. The maximum Gasteiger partial charge on any atom is 0.0913 e. The molecule has 0 heterocycles. The molecule has 2 rings (SSSR count). The van der Waals surface area contributed by atoms with E-state index in [9.17, 15) is 0 Å². The Morgan fingerprint density at radius 2 is 1.65 bits per heavy atom. The van der Waals surface area contributed by atoms with Crippen LogP contribution in [-0.4, -0.2) is 6.61 Å². The summed E-state index contributed by atoms with van der Waals surface area (Å²) in [5.41, 5.74) is 15.2. The second-order valence-corrected chi connectivity index (χ2v) is 4.32. The highest BCUT2D eigenvalue weighted by Crippen LogP contribution is 2.25. The first-order valence-electron chi connectivity index (χ1n) is 6.42. The average Bonchev–Trinajstić information content (AvgIpc) is 2.46. The summed E-state index contributed by atoms with van der Waals surface area (Å²) in [6.45, 7) is 3.06. The Morgan fingerprint density at radius 1 is 0.950 bits per heavy atom. The zero-order valence-electron chi connectivity index (χ0n) is 11.4. The van der Waals surface area contributed by atoms with E-state index >= 15 is 0 Å². The van der Waals surface area contributed by atoms with E-state index in [-0.39, 0.29) is 0 Å². The summed E-state index contributed by atoms with van der Waals surface area (Å²) in [5, 5.41) is 8.44. The van der Waals surface area contributed by atoms with Gasteiger partial charge in [0, 0.05) is 23.5 Å². The van der Waals surface area contributed by atoms with Crippen molar-refractivity contribution in [1.82, 2.24) is 0 Å². The second kappa shape index (κ2) is 6.68. The molecule has 0 atom stereocenters. The predicted molar refractivity (Wildman–Crippen MR) is 81.2 cm³/mol. The van der Waals surface area contributed by atoms with Gasteiger partial charge in [-0.05, 0) is 49.4 Å². The smallest absolute Gasteiger partial charge is 0.0913 e. The van der Waals surface area contributed by atoms with Crippen LogP contribution in [0, 0.1) is 0 Å². The Kier molecular flexibility index (Phi) is 4.68. The van der Waals surface area contributed by atoms with Crippen LogP contribution in [0.1, 0.15) is 12.5 Å². The summed E-state index contributed by atoms with van der Waals surface area (Å²) < 4.78 is 5.41. The van der Waals surface area contributed by atoms with E-state index in [4.69, 9.17) is 16.2 Å². The Bertz CT molecular complexity index is 593. The number of nitrogens with zero attached hydrogens (tertiary/aromatic N) is 2. The maximum atomic E-state index is 5.78. The molecule has 20 heavy (non-hydrogen) atoms. The van der Waals surface area contributed by atoms with E-state index in [0.29, 0.717) is 24.6 Å². The minimum Gasteiger partial charge on any atom is -0.399 e. The predicted octanol–water partition coefficient (Wildman–Crippen LogP) is 3.80. The molecule has 104 valence electrons. The van der Waals surface area contributed by atoms with Crippen LogP contribution in [0.25, 0.3) is 0 Å². The Labute approximate surface area is 118 Å². The minimum absolute atomic E-state index is 0.470. The van der Waals surface area contributed by atoms with Crippen molar-refractivity contribution >= 4 is 22.7 Å². The molecule has 2 aromatic carbocycles. The van der Waals surface area contributed by atoms with Crippen molar-refractivity contribution in [3.05, 3.63) is 48.0 Å². The fourth-order valence-corrected chi connectivity index (χ4v) is 1.68. The van der Waals surface area contributed by atoms with Crippen molar-refractivity contribution in [2.24, 2.45) is 10.2 Å². The monoisotopic (exact) mass is 270 g/mol. The molecule has 0 unspecified atom stereocenters. The SMILES string of the molecule is CCOCc1cc(N)ccc1N=Nc1ccc(N)cc1. The fraction of sp³-hybridized carbons (Fsp3) is 0.200. The van der Waals surface area contributed by atoms with E-state index in [1.54, 1.807) is 18.2 Å². The molecule has 0 amide bonds. The van der Waals surface area contributed by atoms with E-state index in [2.05, 4.69) is 10.2 Å². The summed E-state index contributed by atoms with van der Waals surface area (Å²) >= 11 is 0. The highest BCUT2D eigenvalue weighted by Gasteiger charge is 2.02. The molecule has 0 saturated carbocycles. The van der Waals surface area contributed by atoms with Crippen molar-refractivity contribution in [2.75, 3.05) is 18.1 Å². The molecule has 4 N–H and O–H groups in total. The lowest BCUT2D eigenvalue weighted by Gasteiger charge is -2.06. The topological polar surface area (TPSA) is 86.0 Å². The number of nitrogen functional groups attached to an aromatic ring is 2. The molecule has 0 saturated heterocycles. The van der Waals surface area contributed by atoms with Crippen molar-refractivity contribution in [1.29, 1.82) is 0 Å². The van der Waals surface area contributed by atoms with Crippen LogP contribution in [0.5, 0.6) is 0 Å². The third-order valence-corrected chi connectivity index (χ3v) is 2.73. The van der Waals surface area contributed by atoms with Gasteiger partial charge in [0.25, 0.3) is 0 Å². The zero-order valence-corrected chi connectivity index (χ0v) is 11.4. The molecule has 0 bridgehead atoms. The molecule has 0 aliphatic rings. The van der Waals surface area contributed by atoms with E-state index < -0.39 is 0 Å².